The zero-order valence-electron chi connectivity index (χ0n) is 14.4. The Hall–Kier alpha value is -3.05. The topological polar surface area (TPSA) is 60.5 Å². The molecule has 0 atom stereocenters. The summed E-state index contributed by atoms with van der Waals surface area (Å²) in [7, 11) is 0. The minimum Gasteiger partial charge on any atom is -0.490 e. The fraction of sp³-hybridized carbons (Fsp3) is 0.143. The molecule has 4 rings (SSSR count). The molecule has 0 unspecified atom stereocenters. The van der Waals surface area contributed by atoms with Gasteiger partial charge in [-0.25, -0.2) is 4.98 Å². The van der Waals surface area contributed by atoms with E-state index in [9.17, 15) is 4.79 Å². The molecule has 2 heterocycles. The second-order valence-corrected chi connectivity index (χ2v) is 6.54. The SMILES string of the molecule is O=C(/C=C/c1ccc2ccc(Cl)cc2n1)Nc1ccc2c(c1)OCCCO2. The highest BCUT2D eigenvalue weighted by molar-refractivity contribution is 6.31. The number of benzene rings is 2. The molecule has 27 heavy (non-hydrogen) atoms. The smallest absolute Gasteiger partial charge is 0.248 e. The van der Waals surface area contributed by atoms with E-state index < -0.39 is 0 Å². The van der Waals surface area contributed by atoms with Gasteiger partial charge in [-0.2, -0.15) is 0 Å². The van der Waals surface area contributed by atoms with Crippen molar-refractivity contribution >= 4 is 40.2 Å². The van der Waals surface area contributed by atoms with E-state index in [0.29, 0.717) is 41.1 Å². The molecule has 0 aliphatic carbocycles. The highest BCUT2D eigenvalue weighted by Gasteiger charge is 2.11. The first-order valence-electron chi connectivity index (χ1n) is 8.62. The van der Waals surface area contributed by atoms with E-state index >= 15 is 0 Å². The molecule has 5 nitrogen and oxygen atoms in total. The minimum absolute atomic E-state index is 0.252. The number of amides is 1. The molecule has 0 bridgehead atoms. The van der Waals surface area contributed by atoms with Crippen LogP contribution in [0.5, 0.6) is 11.5 Å². The Balaban J connectivity index is 1.47. The Labute approximate surface area is 161 Å². The van der Waals surface area contributed by atoms with Gasteiger partial charge in [-0.1, -0.05) is 23.7 Å². The Bertz CT molecular complexity index is 1030. The number of nitrogens with one attached hydrogen (secondary N) is 1. The lowest BCUT2D eigenvalue weighted by atomic mass is 10.2. The van der Waals surface area contributed by atoms with Crippen molar-refractivity contribution in [1.29, 1.82) is 0 Å². The van der Waals surface area contributed by atoms with Crippen molar-refractivity contribution in [2.45, 2.75) is 6.42 Å². The Kier molecular flexibility index (Phi) is 4.94. The van der Waals surface area contributed by atoms with Crippen LogP contribution in [-0.2, 0) is 4.79 Å². The van der Waals surface area contributed by atoms with Gasteiger partial charge in [0.05, 0.1) is 24.4 Å². The average Bonchev–Trinajstić information content (AvgIpc) is 2.91. The number of fused-ring (bicyclic) bond motifs is 2. The van der Waals surface area contributed by atoms with Gasteiger partial charge >= 0.3 is 0 Å². The quantitative estimate of drug-likeness (QED) is 0.669. The van der Waals surface area contributed by atoms with Crippen molar-refractivity contribution in [2.75, 3.05) is 18.5 Å². The van der Waals surface area contributed by atoms with Crippen molar-refractivity contribution in [2.24, 2.45) is 0 Å². The first-order valence-corrected chi connectivity index (χ1v) is 9.00. The zero-order valence-corrected chi connectivity index (χ0v) is 15.2. The van der Waals surface area contributed by atoms with Crippen LogP contribution in [0.15, 0.2) is 54.6 Å². The third-order valence-corrected chi connectivity index (χ3v) is 4.33. The molecule has 1 amide bonds. The van der Waals surface area contributed by atoms with Crippen molar-refractivity contribution in [3.63, 3.8) is 0 Å². The lowest BCUT2D eigenvalue weighted by molar-refractivity contribution is -0.111. The summed E-state index contributed by atoms with van der Waals surface area (Å²) in [6.07, 6.45) is 3.95. The summed E-state index contributed by atoms with van der Waals surface area (Å²) in [6.45, 7) is 1.23. The maximum absolute atomic E-state index is 12.2. The number of pyridine rings is 1. The Morgan fingerprint density at radius 2 is 1.85 bits per heavy atom. The minimum atomic E-state index is -0.252. The first kappa shape index (κ1) is 17.4. The lowest BCUT2D eigenvalue weighted by Gasteiger charge is -2.09. The van der Waals surface area contributed by atoms with Gasteiger partial charge in [-0.3, -0.25) is 4.79 Å². The fourth-order valence-corrected chi connectivity index (χ4v) is 2.95. The van der Waals surface area contributed by atoms with Gasteiger partial charge < -0.3 is 14.8 Å². The molecular formula is C21H17ClN2O3. The molecular weight excluding hydrogens is 364 g/mol. The molecule has 1 aliphatic rings. The molecule has 136 valence electrons. The second-order valence-electron chi connectivity index (χ2n) is 6.11. The molecule has 1 aliphatic heterocycles. The van der Waals surface area contributed by atoms with E-state index in [-0.39, 0.29) is 5.91 Å². The van der Waals surface area contributed by atoms with Crippen LogP contribution in [0.3, 0.4) is 0 Å². The van der Waals surface area contributed by atoms with Crippen LogP contribution in [0.25, 0.3) is 17.0 Å². The van der Waals surface area contributed by atoms with Crippen LogP contribution < -0.4 is 14.8 Å². The summed E-state index contributed by atoms with van der Waals surface area (Å²) in [5.74, 6) is 1.08. The van der Waals surface area contributed by atoms with Crippen LogP contribution in [0.4, 0.5) is 5.69 Å². The first-order chi connectivity index (χ1) is 13.2. The lowest BCUT2D eigenvalue weighted by Crippen LogP contribution is -2.08. The number of anilines is 1. The van der Waals surface area contributed by atoms with Gasteiger partial charge in [0.2, 0.25) is 5.91 Å². The number of hydrogen-bond donors (Lipinski definition) is 1. The molecule has 1 aromatic heterocycles. The van der Waals surface area contributed by atoms with E-state index in [2.05, 4.69) is 10.3 Å². The van der Waals surface area contributed by atoms with E-state index in [1.165, 1.54) is 6.08 Å². The van der Waals surface area contributed by atoms with Gasteiger partial charge in [0.25, 0.3) is 0 Å². The summed E-state index contributed by atoms with van der Waals surface area (Å²) in [4.78, 5) is 16.7. The van der Waals surface area contributed by atoms with Gasteiger partial charge in [0.15, 0.2) is 11.5 Å². The summed E-state index contributed by atoms with van der Waals surface area (Å²) >= 11 is 6.01. The number of halogens is 1. The molecule has 1 N–H and O–H groups in total. The van der Waals surface area contributed by atoms with Crippen LogP contribution in [0, 0.1) is 0 Å². The predicted octanol–water partition coefficient (Wildman–Crippen LogP) is 4.70. The number of carbonyl (C=O) groups is 1. The molecule has 0 radical (unpaired) electrons. The van der Waals surface area contributed by atoms with Crippen LogP contribution in [0.2, 0.25) is 5.02 Å². The number of ether oxygens (including phenoxy) is 2. The normalized spacial score (nSPS) is 13.5. The van der Waals surface area contributed by atoms with Gasteiger partial charge in [0, 0.05) is 34.7 Å². The van der Waals surface area contributed by atoms with Crippen LogP contribution >= 0.6 is 11.6 Å². The number of carbonyl (C=O) groups excluding carboxylic acids is 1. The summed E-state index contributed by atoms with van der Waals surface area (Å²) in [6, 6.07) is 14.7. The number of aromatic nitrogens is 1. The van der Waals surface area contributed by atoms with Crippen LogP contribution in [0.1, 0.15) is 12.1 Å². The number of hydrogen-bond acceptors (Lipinski definition) is 4. The summed E-state index contributed by atoms with van der Waals surface area (Å²) in [5, 5.41) is 4.44. The van der Waals surface area contributed by atoms with E-state index in [1.807, 2.05) is 24.3 Å². The van der Waals surface area contributed by atoms with Crippen molar-refractivity contribution < 1.29 is 14.3 Å². The van der Waals surface area contributed by atoms with Gasteiger partial charge in [-0.05, 0) is 36.4 Å². The fourth-order valence-electron chi connectivity index (χ4n) is 2.78. The van der Waals surface area contributed by atoms with Gasteiger partial charge in [0.1, 0.15) is 0 Å². The molecule has 2 aromatic carbocycles. The number of nitrogens with zero attached hydrogens (tertiary/aromatic N) is 1. The maximum atomic E-state index is 12.2. The molecule has 6 heteroatoms. The maximum Gasteiger partial charge on any atom is 0.248 e. The van der Waals surface area contributed by atoms with Crippen molar-refractivity contribution in [3.05, 3.63) is 65.3 Å². The third kappa shape index (κ3) is 4.20. The summed E-state index contributed by atoms with van der Waals surface area (Å²) in [5.41, 5.74) is 2.11. The van der Waals surface area contributed by atoms with E-state index in [0.717, 1.165) is 17.3 Å². The monoisotopic (exact) mass is 380 g/mol. The van der Waals surface area contributed by atoms with Crippen molar-refractivity contribution in [1.82, 2.24) is 4.98 Å². The highest BCUT2D eigenvalue weighted by Crippen LogP contribution is 2.32. The second kappa shape index (κ2) is 7.68. The predicted molar refractivity (Wildman–Crippen MR) is 106 cm³/mol. The molecule has 0 fully saturated rings. The van der Waals surface area contributed by atoms with Crippen LogP contribution in [-0.4, -0.2) is 24.1 Å². The Morgan fingerprint density at radius 3 is 2.74 bits per heavy atom. The number of rotatable bonds is 3. The molecule has 0 saturated heterocycles. The third-order valence-electron chi connectivity index (χ3n) is 4.10. The molecule has 0 saturated carbocycles. The largest absolute Gasteiger partial charge is 0.490 e. The molecule has 0 spiro atoms. The van der Waals surface area contributed by atoms with Gasteiger partial charge in [-0.15, -0.1) is 0 Å². The average molecular weight is 381 g/mol. The van der Waals surface area contributed by atoms with E-state index in [1.54, 1.807) is 30.3 Å². The molecule has 3 aromatic rings. The zero-order chi connectivity index (χ0) is 18.6. The Morgan fingerprint density at radius 1 is 1.04 bits per heavy atom. The summed E-state index contributed by atoms with van der Waals surface area (Å²) < 4.78 is 11.2. The van der Waals surface area contributed by atoms with E-state index in [4.69, 9.17) is 21.1 Å². The highest BCUT2D eigenvalue weighted by atomic mass is 35.5. The van der Waals surface area contributed by atoms with Crippen molar-refractivity contribution in [3.8, 4) is 11.5 Å². The standard InChI is InChI=1S/C21H17ClN2O3/c22-15-4-2-14-3-5-16(23-18(14)12-15)7-9-21(25)24-17-6-8-19-20(13-17)27-11-1-10-26-19/h2-9,12-13H,1,10-11H2,(H,24,25)/b9-7+.